The topological polar surface area (TPSA) is 44.2 Å². The van der Waals surface area contributed by atoms with Gasteiger partial charge in [-0.15, -0.1) is 0 Å². The molecule has 0 spiro atoms. The molecule has 0 amide bonds. The lowest BCUT2D eigenvalue weighted by Gasteiger charge is -2.11. The fourth-order valence-electron chi connectivity index (χ4n) is 1.49. The average molecular weight is 413 g/mol. The normalized spacial score (nSPS) is 10.7. The molecule has 0 aliphatic heterocycles. The summed E-state index contributed by atoms with van der Waals surface area (Å²) in [5.74, 6) is 0.432. The summed E-state index contributed by atoms with van der Waals surface area (Å²) >= 11 is 7.91. The van der Waals surface area contributed by atoms with Crippen molar-refractivity contribution in [3.8, 4) is 22.9 Å². The van der Waals surface area contributed by atoms with Gasteiger partial charge in [0.05, 0.1) is 10.7 Å². The molecular weight excluding hydrogens is 404 g/mol. The molecule has 4 nitrogen and oxygen atoms in total. The van der Waals surface area contributed by atoms with Crippen molar-refractivity contribution in [2.24, 2.45) is 0 Å². The van der Waals surface area contributed by atoms with E-state index >= 15 is 0 Å². The summed E-state index contributed by atoms with van der Waals surface area (Å²) in [6.45, 7) is -2.94. The van der Waals surface area contributed by atoms with Crippen molar-refractivity contribution in [3.63, 3.8) is 0 Å². The Morgan fingerprint density at radius 2 is 2.05 bits per heavy atom. The number of rotatable bonds is 4. The van der Waals surface area contributed by atoms with Crippen LogP contribution in [-0.4, -0.2) is 23.7 Å². The molecule has 1 aromatic carbocycles. The number of aromatic nitrogens is 2. The first-order valence-corrected chi connectivity index (χ1v) is 6.78. The first kappa shape index (κ1) is 15.2. The number of ether oxygens (including phenoxy) is 2. The molecule has 0 saturated carbocycles. The van der Waals surface area contributed by atoms with Gasteiger partial charge >= 0.3 is 6.61 Å². The van der Waals surface area contributed by atoms with Gasteiger partial charge < -0.3 is 9.47 Å². The molecule has 20 heavy (non-hydrogen) atoms. The van der Waals surface area contributed by atoms with Crippen LogP contribution in [0.2, 0.25) is 5.15 Å². The Morgan fingerprint density at radius 1 is 1.30 bits per heavy atom. The Balaban J connectivity index is 2.44. The lowest BCUT2D eigenvalue weighted by molar-refractivity contribution is -0.0511. The van der Waals surface area contributed by atoms with E-state index < -0.39 is 6.61 Å². The minimum Gasteiger partial charge on any atom is -0.493 e. The summed E-state index contributed by atoms with van der Waals surface area (Å²) in [5, 5.41) is 0.294. The van der Waals surface area contributed by atoms with Crippen molar-refractivity contribution >= 4 is 34.2 Å². The Kier molecular flexibility index (Phi) is 4.92. The van der Waals surface area contributed by atoms with Gasteiger partial charge in [0.1, 0.15) is 5.15 Å². The van der Waals surface area contributed by atoms with Crippen molar-refractivity contribution in [2.45, 2.75) is 6.61 Å². The van der Waals surface area contributed by atoms with E-state index in [1.165, 1.54) is 19.2 Å². The van der Waals surface area contributed by atoms with Crippen LogP contribution in [0.5, 0.6) is 11.5 Å². The second-order valence-corrected chi connectivity index (χ2v) is 5.10. The van der Waals surface area contributed by atoms with Crippen LogP contribution < -0.4 is 9.47 Å². The number of benzene rings is 1. The summed E-state index contributed by atoms with van der Waals surface area (Å²) < 4.78 is 34.8. The monoisotopic (exact) mass is 412 g/mol. The van der Waals surface area contributed by atoms with Crippen molar-refractivity contribution in [2.75, 3.05) is 7.11 Å². The van der Waals surface area contributed by atoms with Gasteiger partial charge in [0, 0.05) is 11.8 Å². The third kappa shape index (κ3) is 3.45. The SMILES string of the molecule is COc1ccc(-c2ncc(I)c(Cl)n2)cc1OC(F)F. The predicted octanol–water partition coefficient (Wildman–Crippen LogP) is 4.01. The van der Waals surface area contributed by atoms with Crippen LogP contribution in [0.1, 0.15) is 0 Å². The highest BCUT2D eigenvalue weighted by Gasteiger charge is 2.13. The summed E-state index contributed by atoms with van der Waals surface area (Å²) in [4.78, 5) is 8.18. The minimum atomic E-state index is -2.94. The molecule has 1 heterocycles. The van der Waals surface area contributed by atoms with E-state index in [0.717, 1.165) is 0 Å². The summed E-state index contributed by atoms with van der Waals surface area (Å²) in [6, 6.07) is 4.52. The van der Waals surface area contributed by atoms with E-state index in [1.54, 1.807) is 12.3 Å². The molecule has 8 heteroatoms. The van der Waals surface area contributed by atoms with Crippen molar-refractivity contribution in [1.82, 2.24) is 9.97 Å². The van der Waals surface area contributed by atoms with E-state index in [-0.39, 0.29) is 11.5 Å². The van der Waals surface area contributed by atoms with Crippen LogP contribution in [0, 0.1) is 3.57 Å². The quantitative estimate of drug-likeness (QED) is 0.562. The number of alkyl halides is 2. The minimum absolute atomic E-state index is 0.0849. The van der Waals surface area contributed by atoms with Gasteiger partial charge in [0.15, 0.2) is 17.3 Å². The zero-order valence-electron chi connectivity index (χ0n) is 10.1. The smallest absolute Gasteiger partial charge is 0.387 e. The first-order valence-electron chi connectivity index (χ1n) is 5.32. The second kappa shape index (κ2) is 6.49. The Hall–Kier alpha value is -1.22. The maximum atomic E-state index is 12.4. The Morgan fingerprint density at radius 3 is 2.65 bits per heavy atom. The van der Waals surface area contributed by atoms with Gasteiger partial charge in [-0.1, -0.05) is 11.6 Å². The third-order valence-corrected chi connectivity index (χ3v) is 3.74. The molecule has 0 aliphatic rings. The van der Waals surface area contributed by atoms with Crippen LogP contribution in [0.25, 0.3) is 11.4 Å². The Labute approximate surface area is 132 Å². The summed E-state index contributed by atoms with van der Waals surface area (Å²) in [7, 11) is 1.37. The van der Waals surface area contributed by atoms with E-state index in [4.69, 9.17) is 16.3 Å². The van der Waals surface area contributed by atoms with E-state index in [0.29, 0.717) is 20.1 Å². The van der Waals surface area contributed by atoms with E-state index in [9.17, 15) is 8.78 Å². The zero-order valence-corrected chi connectivity index (χ0v) is 13.0. The fourth-order valence-corrected chi connectivity index (χ4v) is 1.88. The molecule has 106 valence electrons. The maximum absolute atomic E-state index is 12.4. The number of halogens is 4. The molecule has 0 N–H and O–H groups in total. The highest BCUT2D eigenvalue weighted by atomic mass is 127. The molecule has 0 saturated heterocycles. The Bertz CT molecular complexity index is 628. The average Bonchev–Trinajstić information content (AvgIpc) is 2.41. The molecule has 2 aromatic rings. The van der Waals surface area contributed by atoms with E-state index in [2.05, 4.69) is 14.7 Å². The highest BCUT2D eigenvalue weighted by Crippen LogP contribution is 2.33. The standard InChI is InChI=1S/C12H8ClF2IN2O2/c1-19-8-3-2-6(4-9(8)20-12(14)15)11-17-5-7(16)10(13)18-11/h2-5,12H,1H3. The molecule has 0 atom stereocenters. The van der Waals surface area contributed by atoms with Gasteiger partial charge in [-0.25, -0.2) is 9.97 Å². The van der Waals surface area contributed by atoms with Gasteiger partial charge in [-0.05, 0) is 40.8 Å². The van der Waals surface area contributed by atoms with Crippen molar-refractivity contribution in [3.05, 3.63) is 33.1 Å². The number of methoxy groups -OCH3 is 1. The molecule has 0 unspecified atom stereocenters. The molecule has 0 fully saturated rings. The molecule has 0 radical (unpaired) electrons. The van der Waals surface area contributed by atoms with Gasteiger partial charge in [-0.2, -0.15) is 8.78 Å². The number of hydrogen-bond acceptors (Lipinski definition) is 4. The third-order valence-electron chi connectivity index (χ3n) is 2.34. The van der Waals surface area contributed by atoms with Crippen LogP contribution in [0.3, 0.4) is 0 Å². The largest absolute Gasteiger partial charge is 0.493 e. The van der Waals surface area contributed by atoms with Crippen LogP contribution >= 0.6 is 34.2 Å². The van der Waals surface area contributed by atoms with E-state index in [1.807, 2.05) is 22.6 Å². The number of nitrogens with zero attached hydrogens (tertiary/aromatic N) is 2. The molecular formula is C12H8ClF2IN2O2. The maximum Gasteiger partial charge on any atom is 0.387 e. The second-order valence-electron chi connectivity index (χ2n) is 3.58. The lowest BCUT2D eigenvalue weighted by Crippen LogP contribution is -2.04. The van der Waals surface area contributed by atoms with Crippen molar-refractivity contribution in [1.29, 1.82) is 0 Å². The van der Waals surface area contributed by atoms with Crippen LogP contribution in [0.4, 0.5) is 8.78 Å². The molecule has 2 rings (SSSR count). The van der Waals surface area contributed by atoms with Crippen LogP contribution in [-0.2, 0) is 0 Å². The highest BCUT2D eigenvalue weighted by molar-refractivity contribution is 14.1. The van der Waals surface area contributed by atoms with Gasteiger partial charge in [0.25, 0.3) is 0 Å². The fraction of sp³-hybridized carbons (Fsp3) is 0.167. The summed E-state index contributed by atoms with van der Waals surface area (Å²) in [5.41, 5.74) is 0.500. The first-order chi connectivity index (χ1) is 9.51. The zero-order chi connectivity index (χ0) is 14.7. The molecule has 1 aromatic heterocycles. The predicted molar refractivity (Wildman–Crippen MR) is 78.4 cm³/mol. The van der Waals surface area contributed by atoms with Gasteiger partial charge in [-0.3, -0.25) is 0 Å². The van der Waals surface area contributed by atoms with Crippen molar-refractivity contribution < 1.29 is 18.3 Å². The molecule has 0 bridgehead atoms. The lowest BCUT2D eigenvalue weighted by atomic mass is 10.2. The van der Waals surface area contributed by atoms with Crippen LogP contribution in [0.15, 0.2) is 24.4 Å². The summed E-state index contributed by atoms with van der Waals surface area (Å²) in [6.07, 6.45) is 1.54. The molecule has 0 aliphatic carbocycles. The van der Waals surface area contributed by atoms with Gasteiger partial charge in [0.2, 0.25) is 0 Å². The number of hydrogen-bond donors (Lipinski definition) is 0.